The van der Waals surface area contributed by atoms with Crippen LogP contribution in [0.5, 0.6) is 0 Å². The van der Waals surface area contributed by atoms with E-state index < -0.39 is 11.9 Å². The first-order valence-electron chi connectivity index (χ1n) is 5.52. The van der Waals surface area contributed by atoms with E-state index in [4.69, 9.17) is 33.7 Å². The molecule has 1 aromatic carbocycles. The van der Waals surface area contributed by atoms with Crippen molar-refractivity contribution in [2.75, 3.05) is 12.3 Å². The molecule has 104 valence electrons. The smallest absolute Gasteiger partial charge is 0.340 e. The van der Waals surface area contributed by atoms with Crippen LogP contribution in [-0.4, -0.2) is 24.5 Å². The van der Waals surface area contributed by atoms with Crippen LogP contribution in [0, 0.1) is 0 Å². The van der Waals surface area contributed by atoms with Gasteiger partial charge >= 0.3 is 5.97 Å². The number of hydrogen-bond acceptors (Lipinski definition) is 4. The van der Waals surface area contributed by atoms with Crippen molar-refractivity contribution < 1.29 is 14.3 Å². The molecule has 0 aromatic heterocycles. The summed E-state index contributed by atoms with van der Waals surface area (Å²) in [4.78, 5) is 23.1. The predicted molar refractivity (Wildman–Crippen MR) is 74.4 cm³/mol. The molecular formula is C12H14Cl2N2O3. The van der Waals surface area contributed by atoms with Crippen LogP contribution in [0.2, 0.25) is 10.0 Å². The molecule has 0 spiro atoms. The second-order valence-electron chi connectivity index (χ2n) is 4.16. The van der Waals surface area contributed by atoms with Crippen molar-refractivity contribution in [1.29, 1.82) is 0 Å². The van der Waals surface area contributed by atoms with Crippen molar-refractivity contribution in [2.45, 2.75) is 19.9 Å². The molecule has 0 unspecified atom stereocenters. The van der Waals surface area contributed by atoms with Crippen LogP contribution in [0.4, 0.5) is 5.69 Å². The van der Waals surface area contributed by atoms with Crippen molar-refractivity contribution in [3.63, 3.8) is 0 Å². The molecule has 0 fully saturated rings. The first-order chi connectivity index (χ1) is 8.81. The first kappa shape index (κ1) is 15.6. The third-order valence-electron chi connectivity index (χ3n) is 2.05. The standard InChI is InChI=1S/C12H14Cl2N2O3/c1-6(2)16-10(17)5-19-12(18)8-3-7(15)4-9(13)11(8)14/h3-4,6H,5,15H2,1-2H3,(H,16,17). The van der Waals surface area contributed by atoms with Crippen molar-refractivity contribution in [3.8, 4) is 0 Å². The number of hydrogen-bond donors (Lipinski definition) is 2. The van der Waals surface area contributed by atoms with Gasteiger partial charge in [0.15, 0.2) is 6.61 Å². The average Bonchev–Trinajstić information content (AvgIpc) is 2.29. The highest BCUT2D eigenvalue weighted by Crippen LogP contribution is 2.29. The van der Waals surface area contributed by atoms with Gasteiger partial charge in [0.2, 0.25) is 0 Å². The Hall–Kier alpha value is -1.46. The normalized spacial score (nSPS) is 10.4. The number of ether oxygens (including phenoxy) is 1. The molecule has 1 amide bonds. The number of carbonyl (C=O) groups is 2. The maximum atomic E-state index is 11.8. The van der Waals surface area contributed by atoms with Gasteiger partial charge in [0.05, 0.1) is 15.6 Å². The Balaban J connectivity index is 2.72. The summed E-state index contributed by atoms with van der Waals surface area (Å²) in [5, 5.41) is 2.79. The number of benzene rings is 1. The fraction of sp³-hybridized carbons (Fsp3) is 0.333. The zero-order valence-corrected chi connectivity index (χ0v) is 12.0. The van der Waals surface area contributed by atoms with E-state index in [-0.39, 0.29) is 33.9 Å². The molecule has 0 aliphatic heterocycles. The predicted octanol–water partition coefficient (Wildman–Crippen LogP) is 2.26. The van der Waals surface area contributed by atoms with Crippen molar-refractivity contribution in [2.24, 2.45) is 0 Å². The number of esters is 1. The van der Waals surface area contributed by atoms with Gasteiger partial charge in [-0.15, -0.1) is 0 Å². The largest absolute Gasteiger partial charge is 0.452 e. The zero-order chi connectivity index (χ0) is 14.6. The summed E-state index contributed by atoms with van der Waals surface area (Å²) < 4.78 is 4.83. The van der Waals surface area contributed by atoms with Crippen LogP contribution in [-0.2, 0) is 9.53 Å². The van der Waals surface area contributed by atoms with E-state index in [0.717, 1.165) is 0 Å². The molecule has 0 radical (unpaired) electrons. The Bertz CT molecular complexity index is 504. The van der Waals surface area contributed by atoms with Gasteiger partial charge in [-0.3, -0.25) is 4.79 Å². The number of nitrogen functional groups attached to an aromatic ring is 1. The summed E-state index contributed by atoms with van der Waals surface area (Å²) in [6.45, 7) is 3.21. The van der Waals surface area contributed by atoms with Gasteiger partial charge in [-0.25, -0.2) is 4.79 Å². The molecule has 1 aromatic rings. The molecule has 0 saturated carbocycles. The third-order valence-corrected chi connectivity index (χ3v) is 2.86. The van der Waals surface area contributed by atoms with Crippen molar-refractivity contribution in [3.05, 3.63) is 27.7 Å². The molecule has 1 rings (SSSR count). The van der Waals surface area contributed by atoms with E-state index in [9.17, 15) is 9.59 Å². The Morgan fingerprint density at radius 1 is 1.37 bits per heavy atom. The van der Waals surface area contributed by atoms with Gasteiger partial charge in [-0.05, 0) is 26.0 Å². The van der Waals surface area contributed by atoms with Crippen molar-refractivity contribution in [1.82, 2.24) is 5.32 Å². The minimum atomic E-state index is -0.752. The minimum Gasteiger partial charge on any atom is -0.452 e. The fourth-order valence-corrected chi connectivity index (χ4v) is 1.75. The van der Waals surface area contributed by atoms with E-state index in [0.29, 0.717) is 0 Å². The lowest BCUT2D eigenvalue weighted by atomic mass is 10.2. The van der Waals surface area contributed by atoms with E-state index in [1.54, 1.807) is 13.8 Å². The number of carbonyl (C=O) groups excluding carboxylic acids is 2. The molecule has 0 saturated heterocycles. The van der Waals surface area contributed by atoms with E-state index >= 15 is 0 Å². The quantitative estimate of drug-likeness (QED) is 0.660. The highest BCUT2D eigenvalue weighted by molar-refractivity contribution is 6.44. The molecule has 0 bridgehead atoms. The van der Waals surface area contributed by atoms with Gasteiger partial charge < -0.3 is 15.8 Å². The lowest BCUT2D eigenvalue weighted by Gasteiger charge is -2.10. The molecule has 3 N–H and O–H groups in total. The van der Waals surface area contributed by atoms with E-state index in [1.807, 2.05) is 0 Å². The van der Waals surface area contributed by atoms with Crippen LogP contribution >= 0.6 is 23.2 Å². The Morgan fingerprint density at radius 3 is 2.58 bits per heavy atom. The van der Waals surface area contributed by atoms with Crippen molar-refractivity contribution >= 4 is 40.8 Å². The number of anilines is 1. The molecule has 7 heteroatoms. The Kier molecular flexibility index (Phi) is 5.44. The summed E-state index contributed by atoms with van der Waals surface area (Å²) in [7, 11) is 0. The van der Waals surface area contributed by atoms with Crippen LogP contribution in [0.1, 0.15) is 24.2 Å². The van der Waals surface area contributed by atoms with Gasteiger partial charge in [-0.2, -0.15) is 0 Å². The number of rotatable bonds is 4. The number of nitrogens with one attached hydrogen (secondary N) is 1. The number of amides is 1. The molecular weight excluding hydrogens is 291 g/mol. The lowest BCUT2D eigenvalue weighted by molar-refractivity contribution is -0.124. The topological polar surface area (TPSA) is 81.4 Å². The summed E-state index contributed by atoms with van der Waals surface area (Å²) in [6, 6.07) is 2.74. The average molecular weight is 305 g/mol. The zero-order valence-electron chi connectivity index (χ0n) is 10.5. The lowest BCUT2D eigenvalue weighted by Crippen LogP contribution is -2.34. The summed E-state index contributed by atoms with van der Waals surface area (Å²) >= 11 is 11.7. The second-order valence-corrected chi connectivity index (χ2v) is 4.95. The van der Waals surface area contributed by atoms with Gasteiger partial charge in [0.25, 0.3) is 5.91 Å². The highest BCUT2D eigenvalue weighted by atomic mass is 35.5. The SMILES string of the molecule is CC(C)NC(=O)COC(=O)c1cc(N)cc(Cl)c1Cl. The first-order valence-corrected chi connectivity index (χ1v) is 6.28. The van der Waals surface area contributed by atoms with E-state index in [2.05, 4.69) is 5.32 Å². The Morgan fingerprint density at radius 2 is 2.00 bits per heavy atom. The summed E-state index contributed by atoms with van der Waals surface area (Å²) in [5.41, 5.74) is 5.87. The molecule has 19 heavy (non-hydrogen) atoms. The maximum Gasteiger partial charge on any atom is 0.340 e. The fourth-order valence-electron chi connectivity index (χ4n) is 1.33. The summed E-state index contributed by atoms with van der Waals surface area (Å²) in [6.07, 6.45) is 0. The molecule has 0 heterocycles. The second kappa shape index (κ2) is 6.63. The molecule has 0 aliphatic rings. The Labute approximate surface area is 121 Å². The molecule has 0 atom stereocenters. The minimum absolute atomic E-state index is 0.0309. The number of halogens is 2. The third kappa shape index (κ3) is 4.61. The maximum absolute atomic E-state index is 11.8. The van der Waals surface area contributed by atoms with Gasteiger partial charge in [-0.1, -0.05) is 23.2 Å². The van der Waals surface area contributed by atoms with Crippen LogP contribution in [0.15, 0.2) is 12.1 Å². The van der Waals surface area contributed by atoms with Gasteiger partial charge in [0.1, 0.15) is 0 Å². The van der Waals surface area contributed by atoms with Gasteiger partial charge in [0, 0.05) is 11.7 Å². The molecule has 5 nitrogen and oxygen atoms in total. The van der Waals surface area contributed by atoms with Crippen LogP contribution < -0.4 is 11.1 Å². The molecule has 0 aliphatic carbocycles. The number of nitrogens with two attached hydrogens (primary N) is 1. The highest BCUT2D eigenvalue weighted by Gasteiger charge is 2.17. The van der Waals surface area contributed by atoms with Crippen LogP contribution in [0.3, 0.4) is 0 Å². The van der Waals surface area contributed by atoms with Crippen LogP contribution in [0.25, 0.3) is 0 Å². The van der Waals surface area contributed by atoms with E-state index in [1.165, 1.54) is 12.1 Å². The monoisotopic (exact) mass is 304 g/mol. The summed E-state index contributed by atoms with van der Waals surface area (Å²) in [5.74, 6) is -1.15.